The third-order valence-electron chi connectivity index (χ3n) is 5.25. The van der Waals surface area contributed by atoms with Crippen molar-refractivity contribution in [3.8, 4) is 0 Å². The molecule has 1 aliphatic rings. The van der Waals surface area contributed by atoms with Gasteiger partial charge in [-0.25, -0.2) is 0 Å². The number of carbonyl (C=O) groups excluding carboxylic acids is 1. The summed E-state index contributed by atoms with van der Waals surface area (Å²) in [5.74, 6) is -0.168. The molecule has 0 aromatic heterocycles. The molecule has 4 nitrogen and oxygen atoms in total. The van der Waals surface area contributed by atoms with Gasteiger partial charge in [0, 0.05) is 26.7 Å². The molecule has 1 saturated heterocycles. The Labute approximate surface area is 170 Å². The predicted molar refractivity (Wildman–Crippen MR) is 107 cm³/mol. The maximum atomic E-state index is 12.9. The molecule has 1 N–H and O–H groups in total. The Bertz CT molecular complexity index is 741. The number of rotatable bonds is 7. The average molecular weight is 410 g/mol. The van der Waals surface area contributed by atoms with E-state index >= 15 is 0 Å². The number of nitrogens with zero attached hydrogens (tertiary/aromatic N) is 2. The minimum absolute atomic E-state index is 0.0284. The molecule has 1 aliphatic heterocycles. The van der Waals surface area contributed by atoms with Gasteiger partial charge in [-0.1, -0.05) is 30.4 Å². The summed E-state index contributed by atoms with van der Waals surface area (Å²) in [5, 5.41) is 9.80. The summed E-state index contributed by atoms with van der Waals surface area (Å²) in [5.41, 5.74) is 0.798. The van der Waals surface area contributed by atoms with Crippen molar-refractivity contribution in [1.82, 2.24) is 9.80 Å². The van der Waals surface area contributed by atoms with E-state index in [0.29, 0.717) is 25.1 Å². The van der Waals surface area contributed by atoms with Crippen molar-refractivity contribution >= 4 is 5.91 Å². The highest BCUT2D eigenvalue weighted by molar-refractivity contribution is 5.79. The normalized spacial score (nSPS) is 19.7. The van der Waals surface area contributed by atoms with Gasteiger partial charge < -0.3 is 10.0 Å². The Morgan fingerprint density at radius 3 is 2.45 bits per heavy atom. The molecule has 0 unspecified atom stereocenters. The fourth-order valence-corrected chi connectivity index (χ4v) is 3.55. The maximum Gasteiger partial charge on any atom is 0.416 e. The third-order valence-corrected chi connectivity index (χ3v) is 5.25. The zero-order valence-corrected chi connectivity index (χ0v) is 17.1. The number of likely N-dealkylation sites (tertiary alicyclic amines) is 1. The first kappa shape index (κ1) is 23.2. The van der Waals surface area contributed by atoms with Crippen molar-refractivity contribution in [3.63, 3.8) is 0 Å². The molecule has 29 heavy (non-hydrogen) atoms. The molecule has 0 aliphatic carbocycles. The van der Waals surface area contributed by atoms with E-state index < -0.39 is 11.7 Å². The van der Waals surface area contributed by atoms with Crippen LogP contribution in [0.1, 0.15) is 31.4 Å². The van der Waals surface area contributed by atoms with Crippen LogP contribution in [-0.2, 0) is 17.4 Å². The van der Waals surface area contributed by atoms with Gasteiger partial charge in [0.1, 0.15) is 0 Å². The van der Waals surface area contributed by atoms with Gasteiger partial charge in [0.2, 0.25) is 5.91 Å². The Kier molecular flexibility index (Phi) is 8.05. The van der Waals surface area contributed by atoms with Gasteiger partial charge in [-0.3, -0.25) is 9.69 Å². The Morgan fingerprint density at radius 2 is 1.97 bits per heavy atom. The van der Waals surface area contributed by atoms with Gasteiger partial charge in [0.15, 0.2) is 0 Å². The summed E-state index contributed by atoms with van der Waals surface area (Å²) in [6.07, 6.45) is 1.83. The first-order valence-electron chi connectivity index (χ1n) is 9.76. The van der Waals surface area contributed by atoms with Crippen LogP contribution in [0.15, 0.2) is 48.1 Å². The number of amides is 1. The van der Waals surface area contributed by atoms with Crippen LogP contribution in [0, 0.1) is 0 Å². The van der Waals surface area contributed by atoms with Crippen LogP contribution in [0.4, 0.5) is 13.2 Å². The monoisotopic (exact) mass is 410 g/mol. The van der Waals surface area contributed by atoms with Crippen LogP contribution in [0.2, 0.25) is 0 Å². The molecule has 2 rings (SSSR count). The van der Waals surface area contributed by atoms with Gasteiger partial charge in [-0.05, 0) is 43.5 Å². The number of alkyl halides is 3. The van der Waals surface area contributed by atoms with Crippen molar-refractivity contribution in [3.05, 3.63) is 59.2 Å². The van der Waals surface area contributed by atoms with Gasteiger partial charge in [0.25, 0.3) is 0 Å². The SMILES string of the molecule is C/C=C\C(=C/C)[C@@H](CN1CC[C@H](O)C1)N(C)C(=O)Cc1ccc(C(F)(F)F)cc1. The highest BCUT2D eigenvalue weighted by Crippen LogP contribution is 2.29. The standard InChI is InChI=1S/C22H29F3N2O2/c1-4-6-17(5-2)20(15-27-12-11-19(28)14-27)26(3)21(29)13-16-7-9-18(10-8-16)22(23,24)25/h4-10,19-20,28H,11-15H2,1-3H3/b6-4-,17-5+/t19-,20+/m0/s1. The lowest BCUT2D eigenvalue weighted by Gasteiger charge is -2.33. The second-order valence-corrected chi connectivity index (χ2v) is 7.38. The fraction of sp³-hybridized carbons (Fsp3) is 0.500. The van der Waals surface area contributed by atoms with Gasteiger partial charge in [0.05, 0.1) is 24.1 Å². The summed E-state index contributed by atoms with van der Waals surface area (Å²) < 4.78 is 38.2. The zero-order chi connectivity index (χ0) is 21.6. The van der Waals surface area contributed by atoms with E-state index in [1.165, 1.54) is 12.1 Å². The molecule has 0 spiro atoms. The molecule has 1 amide bonds. The summed E-state index contributed by atoms with van der Waals surface area (Å²) in [7, 11) is 1.72. The Morgan fingerprint density at radius 1 is 1.31 bits per heavy atom. The number of hydrogen-bond acceptors (Lipinski definition) is 3. The van der Waals surface area contributed by atoms with Crippen molar-refractivity contribution in [2.45, 2.75) is 45.0 Å². The first-order chi connectivity index (χ1) is 13.7. The number of hydrogen-bond donors (Lipinski definition) is 1. The van der Waals surface area contributed by atoms with E-state index in [2.05, 4.69) is 4.90 Å². The third kappa shape index (κ3) is 6.44. The topological polar surface area (TPSA) is 43.8 Å². The highest BCUT2D eigenvalue weighted by Gasteiger charge is 2.31. The lowest BCUT2D eigenvalue weighted by atomic mass is 10.0. The smallest absolute Gasteiger partial charge is 0.392 e. The van der Waals surface area contributed by atoms with E-state index in [1.807, 2.05) is 32.1 Å². The van der Waals surface area contributed by atoms with Crippen LogP contribution in [0.3, 0.4) is 0 Å². The van der Waals surface area contributed by atoms with E-state index in [4.69, 9.17) is 0 Å². The molecule has 0 bridgehead atoms. The maximum absolute atomic E-state index is 12.9. The van der Waals surface area contributed by atoms with Gasteiger partial charge in [-0.2, -0.15) is 13.2 Å². The molecular weight excluding hydrogens is 381 g/mol. The molecule has 160 valence electrons. The van der Waals surface area contributed by atoms with Gasteiger partial charge >= 0.3 is 6.18 Å². The number of allylic oxidation sites excluding steroid dienone is 2. The largest absolute Gasteiger partial charge is 0.416 e. The number of benzene rings is 1. The summed E-state index contributed by atoms with van der Waals surface area (Å²) in [6.45, 7) is 5.76. The van der Waals surface area contributed by atoms with Crippen LogP contribution in [0.25, 0.3) is 0 Å². The lowest BCUT2D eigenvalue weighted by molar-refractivity contribution is -0.137. The summed E-state index contributed by atoms with van der Waals surface area (Å²) >= 11 is 0. The van der Waals surface area contributed by atoms with E-state index in [-0.39, 0.29) is 24.5 Å². The molecule has 1 aromatic rings. The zero-order valence-electron chi connectivity index (χ0n) is 17.1. The van der Waals surface area contributed by atoms with E-state index in [9.17, 15) is 23.1 Å². The molecule has 1 fully saturated rings. The number of carbonyl (C=O) groups is 1. The average Bonchev–Trinajstić information content (AvgIpc) is 3.08. The summed E-state index contributed by atoms with van der Waals surface area (Å²) in [6, 6.07) is 4.50. The second kappa shape index (κ2) is 10.1. The highest BCUT2D eigenvalue weighted by atomic mass is 19.4. The number of aliphatic hydroxyl groups excluding tert-OH is 1. The van der Waals surface area contributed by atoms with Crippen molar-refractivity contribution in [1.29, 1.82) is 0 Å². The van der Waals surface area contributed by atoms with Crippen molar-refractivity contribution < 1.29 is 23.1 Å². The van der Waals surface area contributed by atoms with Crippen LogP contribution < -0.4 is 0 Å². The van der Waals surface area contributed by atoms with Crippen LogP contribution >= 0.6 is 0 Å². The number of likely N-dealkylation sites (N-methyl/N-ethyl adjacent to an activating group) is 1. The lowest BCUT2D eigenvalue weighted by Crippen LogP contribution is -2.46. The molecule has 2 atom stereocenters. The predicted octanol–water partition coefficient (Wildman–Crippen LogP) is 3.66. The number of halogens is 3. The minimum atomic E-state index is -4.39. The minimum Gasteiger partial charge on any atom is -0.392 e. The Hall–Kier alpha value is -2.12. The molecule has 1 heterocycles. The second-order valence-electron chi connectivity index (χ2n) is 7.38. The van der Waals surface area contributed by atoms with Gasteiger partial charge in [-0.15, -0.1) is 0 Å². The molecule has 0 radical (unpaired) electrons. The number of aliphatic hydroxyl groups is 1. The van der Waals surface area contributed by atoms with Crippen LogP contribution in [-0.4, -0.2) is 59.6 Å². The van der Waals surface area contributed by atoms with E-state index in [0.717, 1.165) is 24.3 Å². The summed E-state index contributed by atoms with van der Waals surface area (Å²) in [4.78, 5) is 16.7. The Balaban J connectivity index is 2.13. The van der Waals surface area contributed by atoms with Crippen molar-refractivity contribution in [2.75, 3.05) is 26.7 Å². The number of β-amino-alcohol motifs (C(OH)–C–C–N with tert-alkyl or cyclic N) is 1. The molecule has 0 saturated carbocycles. The quantitative estimate of drug-likeness (QED) is 0.698. The molecule has 1 aromatic carbocycles. The van der Waals surface area contributed by atoms with Crippen molar-refractivity contribution in [2.24, 2.45) is 0 Å². The van der Waals surface area contributed by atoms with E-state index in [1.54, 1.807) is 11.9 Å². The first-order valence-corrected chi connectivity index (χ1v) is 9.76. The fourth-order valence-electron chi connectivity index (χ4n) is 3.55. The molecular formula is C22H29F3N2O2. The molecule has 7 heteroatoms. The van der Waals surface area contributed by atoms with Crippen LogP contribution in [0.5, 0.6) is 0 Å².